The quantitative estimate of drug-likeness (QED) is 0.427. The van der Waals surface area contributed by atoms with Gasteiger partial charge in [-0.25, -0.2) is 23.1 Å². The van der Waals surface area contributed by atoms with Crippen LogP contribution in [0.15, 0.2) is 70.3 Å². The van der Waals surface area contributed by atoms with E-state index in [1.165, 1.54) is 18.5 Å². The number of aryl methyl sites for hydroxylation is 1. The van der Waals surface area contributed by atoms with Crippen molar-refractivity contribution in [3.8, 4) is 17.0 Å². The van der Waals surface area contributed by atoms with Crippen LogP contribution in [0.2, 0.25) is 0 Å². The Morgan fingerprint density at radius 1 is 1.00 bits per heavy atom. The van der Waals surface area contributed by atoms with E-state index in [9.17, 15) is 8.42 Å². The standard InChI is InChI=1S/C22H21N5O4S/c1-14-15(2)26-31-22(14)27-32(28,29)17-10-8-16(9-11-17)25-21-12-19(23-13-24-21)18-6-4-5-7-20(18)30-3/h4-13,27H,1-3H3,(H,23,24,25). The third-order valence-electron chi connectivity index (χ3n) is 4.87. The smallest absolute Gasteiger partial charge is 0.264 e. The highest BCUT2D eigenvalue weighted by atomic mass is 32.2. The van der Waals surface area contributed by atoms with Crippen molar-refractivity contribution >= 4 is 27.4 Å². The minimum atomic E-state index is -3.81. The summed E-state index contributed by atoms with van der Waals surface area (Å²) in [4.78, 5) is 8.66. The van der Waals surface area contributed by atoms with Gasteiger partial charge in [-0.15, -0.1) is 0 Å². The summed E-state index contributed by atoms with van der Waals surface area (Å²) in [5.41, 5.74) is 3.47. The summed E-state index contributed by atoms with van der Waals surface area (Å²) < 4.78 is 38.1. The maximum atomic E-state index is 12.6. The van der Waals surface area contributed by atoms with E-state index in [4.69, 9.17) is 9.26 Å². The summed E-state index contributed by atoms with van der Waals surface area (Å²) in [6, 6.07) is 15.6. The van der Waals surface area contributed by atoms with E-state index >= 15 is 0 Å². The monoisotopic (exact) mass is 451 g/mol. The molecule has 0 fully saturated rings. The van der Waals surface area contributed by atoms with Gasteiger partial charge in [0.15, 0.2) is 0 Å². The van der Waals surface area contributed by atoms with E-state index < -0.39 is 10.0 Å². The normalized spacial score (nSPS) is 11.2. The molecule has 0 atom stereocenters. The van der Waals surface area contributed by atoms with Gasteiger partial charge in [-0.2, -0.15) is 0 Å². The molecule has 10 heteroatoms. The van der Waals surface area contributed by atoms with E-state index in [1.807, 2.05) is 24.3 Å². The Balaban J connectivity index is 1.52. The molecule has 32 heavy (non-hydrogen) atoms. The third-order valence-corrected chi connectivity index (χ3v) is 6.22. The highest BCUT2D eigenvalue weighted by molar-refractivity contribution is 7.92. The first-order chi connectivity index (χ1) is 15.4. The van der Waals surface area contributed by atoms with Crippen LogP contribution in [0, 0.1) is 13.8 Å². The fourth-order valence-electron chi connectivity index (χ4n) is 2.99. The molecule has 9 nitrogen and oxygen atoms in total. The number of sulfonamides is 1. The minimum Gasteiger partial charge on any atom is -0.496 e. The molecule has 2 aromatic heterocycles. The van der Waals surface area contributed by atoms with Crippen molar-refractivity contribution in [2.24, 2.45) is 0 Å². The van der Waals surface area contributed by atoms with Crippen molar-refractivity contribution in [2.75, 3.05) is 17.1 Å². The number of nitrogens with one attached hydrogen (secondary N) is 2. The second kappa shape index (κ2) is 8.67. The van der Waals surface area contributed by atoms with Gasteiger partial charge in [0.25, 0.3) is 10.0 Å². The number of hydrogen-bond donors (Lipinski definition) is 2. The fraction of sp³-hybridized carbons (Fsp3) is 0.136. The minimum absolute atomic E-state index is 0.0916. The Bertz CT molecular complexity index is 1350. The van der Waals surface area contributed by atoms with Crippen LogP contribution < -0.4 is 14.8 Å². The zero-order chi connectivity index (χ0) is 22.7. The first-order valence-corrected chi connectivity index (χ1v) is 11.1. The van der Waals surface area contributed by atoms with Crippen LogP contribution >= 0.6 is 0 Å². The lowest BCUT2D eigenvalue weighted by Crippen LogP contribution is -2.13. The molecule has 0 unspecified atom stereocenters. The van der Waals surface area contributed by atoms with Gasteiger partial charge in [0, 0.05) is 22.9 Å². The van der Waals surface area contributed by atoms with E-state index in [2.05, 4.69) is 25.2 Å². The zero-order valence-electron chi connectivity index (χ0n) is 17.7. The lowest BCUT2D eigenvalue weighted by Gasteiger charge is -2.10. The summed E-state index contributed by atoms with van der Waals surface area (Å²) in [5.74, 6) is 1.37. The number of para-hydroxylation sites is 1. The molecular formula is C22H21N5O4S. The lowest BCUT2D eigenvalue weighted by molar-refractivity contribution is 0.416. The second-order valence-corrected chi connectivity index (χ2v) is 8.65. The topological polar surface area (TPSA) is 119 Å². The fourth-order valence-corrected chi connectivity index (χ4v) is 4.03. The average molecular weight is 452 g/mol. The van der Waals surface area contributed by atoms with Crippen molar-refractivity contribution < 1.29 is 17.7 Å². The third kappa shape index (κ3) is 4.40. The number of benzene rings is 2. The predicted octanol–water partition coefficient (Wildman–Crippen LogP) is 4.30. The van der Waals surface area contributed by atoms with E-state index in [1.54, 1.807) is 39.2 Å². The second-order valence-electron chi connectivity index (χ2n) is 6.97. The Labute approximate surface area is 185 Å². The van der Waals surface area contributed by atoms with Crippen molar-refractivity contribution in [1.82, 2.24) is 15.1 Å². The molecule has 0 saturated heterocycles. The van der Waals surface area contributed by atoms with E-state index in [0.717, 1.165) is 5.56 Å². The highest BCUT2D eigenvalue weighted by Crippen LogP contribution is 2.29. The highest BCUT2D eigenvalue weighted by Gasteiger charge is 2.19. The van der Waals surface area contributed by atoms with Crippen LogP contribution in [0.5, 0.6) is 5.75 Å². The van der Waals surface area contributed by atoms with E-state index in [-0.39, 0.29) is 10.8 Å². The number of methoxy groups -OCH3 is 1. The molecule has 0 spiro atoms. The summed E-state index contributed by atoms with van der Waals surface area (Å²) in [7, 11) is -2.21. The van der Waals surface area contributed by atoms with Gasteiger partial charge in [0.1, 0.15) is 17.9 Å². The molecule has 0 amide bonds. The molecule has 164 valence electrons. The van der Waals surface area contributed by atoms with Crippen molar-refractivity contribution in [1.29, 1.82) is 0 Å². The van der Waals surface area contributed by atoms with Crippen molar-refractivity contribution in [3.63, 3.8) is 0 Å². The average Bonchev–Trinajstić information content (AvgIpc) is 3.11. The number of rotatable bonds is 7. The first kappa shape index (κ1) is 21.3. The lowest BCUT2D eigenvalue weighted by atomic mass is 10.1. The van der Waals surface area contributed by atoms with Gasteiger partial charge in [0.05, 0.1) is 23.4 Å². The van der Waals surface area contributed by atoms with Crippen LogP contribution in [0.1, 0.15) is 11.3 Å². The van der Waals surface area contributed by atoms with Crippen LogP contribution in [0.25, 0.3) is 11.3 Å². The molecule has 2 heterocycles. The largest absolute Gasteiger partial charge is 0.496 e. The van der Waals surface area contributed by atoms with Crippen molar-refractivity contribution in [2.45, 2.75) is 18.7 Å². The van der Waals surface area contributed by atoms with Gasteiger partial charge < -0.3 is 14.6 Å². The van der Waals surface area contributed by atoms with Gasteiger partial charge in [-0.1, -0.05) is 17.3 Å². The van der Waals surface area contributed by atoms with Crippen LogP contribution in [-0.4, -0.2) is 30.7 Å². The van der Waals surface area contributed by atoms with Gasteiger partial charge in [-0.3, -0.25) is 0 Å². The molecular weight excluding hydrogens is 430 g/mol. The van der Waals surface area contributed by atoms with Crippen LogP contribution in [0.3, 0.4) is 0 Å². The van der Waals surface area contributed by atoms with Crippen LogP contribution in [0.4, 0.5) is 17.4 Å². The number of aromatic nitrogens is 3. The van der Waals surface area contributed by atoms with E-state index in [0.29, 0.717) is 34.2 Å². The van der Waals surface area contributed by atoms with Crippen molar-refractivity contribution in [3.05, 3.63) is 72.2 Å². The maximum Gasteiger partial charge on any atom is 0.264 e. The maximum absolute atomic E-state index is 12.6. The Kier molecular flexibility index (Phi) is 5.78. The molecule has 0 aliphatic heterocycles. The van der Waals surface area contributed by atoms with Gasteiger partial charge in [0.2, 0.25) is 5.88 Å². The SMILES string of the molecule is COc1ccccc1-c1cc(Nc2ccc(S(=O)(=O)Nc3onc(C)c3C)cc2)ncn1. The van der Waals surface area contributed by atoms with Gasteiger partial charge in [-0.05, 0) is 50.2 Å². The van der Waals surface area contributed by atoms with Gasteiger partial charge >= 0.3 is 0 Å². The number of nitrogens with zero attached hydrogens (tertiary/aromatic N) is 3. The number of hydrogen-bond acceptors (Lipinski definition) is 8. The Morgan fingerprint density at radius 2 is 1.75 bits per heavy atom. The molecule has 2 N–H and O–H groups in total. The molecule has 0 radical (unpaired) electrons. The summed E-state index contributed by atoms with van der Waals surface area (Å²) in [6.07, 6.45) is 1.45. The Hall–Kier alpha value is -3.92. The summed E-state index contributed by atoms with van der Waals surface area (Å²) >= 11 is 0. The number of ether oxygens (including phenoxy) is 1. The summed E-state index contributed by atoms with van der Waals surface area (Å²) in [5, 5.41) is 6.92. The zero-order valence-corrected chi connectivity index (χ0v) is 18.5. The number of anilines is 3. The first-order valence-electron chi connectivity index (χ1n) is 9.65. The molecule has 0 aliphatic carbocycles. The predicted molar refractivity (Wildman–Crippen MR) is 121 cm³/mol. The Morgan fingerprint density at radius 3 is 2.44 bits per heavy atom. The molecule has 2 aromatic carbocycles. The summed E-state index contributed by atoms with van der Waals surface area (Å²) in [6.45, 7) is 3.47. The molecule has 4 rings (SSSR count). The molecule has 4 aromatic rings. The molecule has 0 aliphatic rings. The molecule has 0 bridgehead atoms. The molecule has 0 saturated carbocycles. The van der Waals surface area contributed by atoms with Crippen LogP contribution in [-0.2, 0) is 10.0 Å².